The third-order valence-corrected chi connectivity index (χ3v) is 2.48. The molecule has 0 aliphatic carbocycles. The molecule has 0 atom stereocenters. The van der Waals surface area contributed by atoms with Gasteiger partial charge in [-0.1, -0.05) is 13.3 Å². The van der Waals surface area contributed by atoms with Crippen LogP contribution in [0.25, 0.3) is 0 Å². The van der Waals surface area contributed by atoms with Crippen molar-refractivity contribution in [3.63, 3.8) is 0 Å². The molecule has 4 N–H and O–H groups in total. The van der Waals surface area contributed by atoms with E-state index in [1.54, 1.807) is 6.07 Å². The van der Waals surface area contributed by atoms with Gasteiger partial charge in [-0.25, -0.2) is 0 Å². The number of carbonyl (C=O) groups is 1. The molecule has 2 aromatic rings. The van der Waals surface area contributed by atoms with E-state index in [2.05, 4.69) is 20.5 Å². The lowest BCUT2D eigenvalue weighted by Crippen LogP contribution is -2.16. The van der Waals surface area contributed by atoms with Gasteiger partial charge in [-0.15, -0.1) is 0 Å². The van der Waals surface area contributed by atoms with Gasteiger partial charge >= 0.3 is 0 Å². The first-order valence-corrected chi connectivity index (χ1v) is 5.87. The summed E-state index contributed by atoms with van der Waals surface area (Å²) in [6, 6.07) is 4.01. The Morgan fingerprint density at radius 3 is 2.89 bits per heavy atom. The quantitative estimate of drug-likeness (QED) is 0.658. The summed E-state index contributed by atoms with van der Waals surface area (Å²) in [5.41, 5.74) is 0.451. The number of hydrogen-bond acceptors (Lipinski definition) is 4. The fraction of sp³-hybridized carbons (Fsp3) is 0.250. The van der Waals surface area contributed by atoms with Crippen LogP contribution in [0.3, 0.4) is 0 Å². The first kappa shape index (κ1) is 12.9. The second-order valence-electron chi connectivity index (χ2n) is 4.10. The zero-order valence-corrected chi connectivity index (χ0v) is 10.4. The molecule has 0 aliphatic heterocycles. The molecule has 0 spiro atoms. The number of aryl methyl sites for hydroxylation is 1. The predicted octanol–water partition coefficient (Wildman–Crippen LogP) is 1.01. The standard InChI is InChI=1S/C12H14N4O3/c1-2-3-8-6-9(16-15-8)13-12(19)7-4-10(17)14-11(18)5-7/h4-6H,2-3H2,1H3,(H2,14,17,18)(H2,13,15,16,19). The summed E-state index contributed by atoms with van der Waals surface area (Å²) in [5.74, 6) is -0.476. The van der Waals surface area contributed by atoms with Crippen LogP contribution in [0.4, 0.5) is 5.82 Å². The molecule has 0 saturated carbocycles. The summed E-state index contributed by atoms with van der Waals surface area (Å²) in [6.07, 6.45) is 1.81. The SMILES string of the molecule is CCCc1cc(NC(=O)c2cc(O)[nH]c(=O)c2)n[nH]1. The van der Waals surface area contributed by atoms with Crippen LogP contribution < -0.4 is 10.9 Å². The highest BCUT2D eigenvalue weighted by Crippen LogP contribution is 2.10. The van der Waals surface area contributed by atoms with Crippen LogP contribution in [0.2, 0.25) is 0 Å². The lowest BCUT2D eigenvalue weighted by Gasteiger charge is -2.01. The highest BCUT2D eigenvalue weighted by molar-refractivity contribution is 6.03. The molecule has 100 valence electrons. The largest absolute Gasteiger partial charge is 0.494 e. The van der Waals surface area contributed by atoms with Gasteiger partial charge in [-0.3, -0.25) is 19.7 Å². The number of aromatic nitrogens is 3. The zero-order valence-electron chi connectivity index (χ0n) is 10.4. The third kappa shape index (κ3) is 3.21. The molecule has 0 saturated heterocycles. The van der Waals surface area contributed by atoms with E-state index in [1.807, 2.05) is 6.92 Å². The van der Waals surface area contributed by atoms with E-state index in [0.717, 1.165) is 24.6 Å². The number of H-pyrrole nitrogens is 2. The van der Waals surface area contributed by atoms with Crippen LogP contribution in [-0.4, -0.2) is 26.2 Å². The number of aromatic hydroxyl groups is 1. The van der Waals surface area contributed by atoms with E-state index in [9.17, 15) is 14.7 Å². The molecule has 0 bridgehead atoms. The Morgan fingerprint density at radius 1 is 1.42 bits per heavy atom. The Hall–Kier alpha value is -2.57. The molecule has 7 heteroatoms. The molecular weight excluding hydrogens is 248 g/mol. The van der Waals surface area contributed by atoms with E-state index >= 15 is 0 Å². The van der Waals surface area contributed by atoms with E-state index < -0.39 is 11.5 Å². The lowest BCUT2D eigenvalue weighted by molar-refractivity contribution is 0.102. The topological polar surface area (TPSA) is 111 Å². The molecule has 0 radical (unpaired) electrons. The van der Waals surface area contributed by atoms with Crippen LogP contribution >= 0.6 is 0 Å². The van der Waals surface area contributed by atoms with Gasteiger partial charge in [0.05, 0.1) is 5.56 Å². The first-order chi connectivity index (χ1) is 9.08. The summed E-state index contributed by atoms with van der Waals surface area (Å²) in [4.78, 5) is 25.1. The maximum absolute atomic E-state index is 11.9. The van der Waals surface area contributed by atoms with Crippen LogP contribution in [0, 0.1) is 0 Å². The van der Waals surface area contributed by atoms with Gasteiger partial charge in [0.1, 0.15) is 0 Å². The number of amides is 1. The van der Waals surface area contributed by atoms with E-state index in [0.29, 0.717) is 5.82 Å². The fourth-order valence-corrected chi connectivity index (χ4v) is 1.67. The highest BCUT2D eigenvalue weighted by atomic mass is 16.3. The molecule has 2 rings (SSSR count). The summed E-state index contributed by atoms with van der Waals surface area (Å²) in [5, 5.41) is 18.5. The monoisotopic (exact) mass is 262 g/mol. The zero-order chi connectivity index (χ0) is 13.8. The number of nitrogens with one attached hydrogen (secondary N) is 3. The molecule has 0 aromatic carbocycles. The van der Waals surface area contributed by atoms with Crippen molar-refractivity contribution in [1.82, 2.24) is 15.2 Å². The van der Waals surface area contributed by atoms with Crippen molar-refractivity contribution in [3.8, 4) is 5.88 Å². The van der Waals surface area contributed by atoms with Gasteiger partial charge in [0.15, 0.2) is 11.7 Å². The molecule has 0 unspecified atom stereocenters. The van der Waals surface area contributed by atoms with Gasteiger partial charge in [0.2, 0.25) is 0 Å². The normalized spacial score (nSPS) is 10.4. The number of anilines is 1. The highest BCUT2D eigenvalue weighted by Gasteiger charge is 2.10. The maximum Gasteiger partial charge on any atom is 0.257 e. The average Bonchev–Trinajstić information content (AvgIpc) is 2.76. The minimum absolute atomic E-state index is 0.0706. The van der Waals surface area contributed by atoms with E-state index in [4.69, 9.17) is 0 Å². The smallest absolute Gasteiger partial charge is 0.257 e. The molecular formula is C12H14N4O3. The molecule has 2 aromatic heterocycles. The Bertz CT molecular complexity index is 644. The van der Waals surface area contributed by atoms with Crippen molar-refractivity contribution in [3.05, 3.63) is 39.8 Å². The molecule has 19 heavy (non-hydrogen) atoms. The van der Waals surface area contributed by atoms with Gasteiger partial charge in [-0.05, 0) is 6.42 Å². The summed E-state index contributed by atoms with van der Waals surface area (Å²) in [7, 11) is 0. The van der Waals surface area contributed by atoms with Crippen LogP contribution in [-0.2, 0) is 6.42 Å². The Morgan fingerprint density at radius 2 is 2.21 bits per heavy atom. The Labute approximate surface area is 108 Å². The third-order valence-electron chi connectivity index (χ3n) is 2.48. The number of rotatable bonds is 4. The average molecular weight is 262 g/mol. The molecule has 7 nitrogen and oxygen atoms in total. The number of nitrogens with zero attached hydrogens (tertiary/aromatic N) is 1. The maximum atomic E-state index is 11.9. The second-order valence-corrected chi connectivity index (χ2v) is 4.10. The van der Waals surface area contributed by atoms with Crippen molar-refractivity contribution < 1.29 is 9.90 Å². The number of carbonyl (C=O) groups excluding carboxylic acids is 1. The van der Waals surface area contributed by atoms with Crippen molar-refractivity contribution in [2.45, 2.75) is 19.8 Å². The van der Waals surface area contributed by atoms with Gasteiger partial charge in [-0.2, -0.15) is 5.10 Å². The summed E-state index contributed by atoms with van der Waals surface area (Å²) in [6.45, 7) is 2.04. The van der Waals surface area contributed by atoms with Crippen molar-refractivity contribution in [2.75, 3.05) is 5.32 Å². The van der Waals surface area contributed by atoms with Gasteiger partial charge in [0.25, 0.3) is 11.5 Å². The molecule has 0 fully saturated rings. The van der Waals surface area contributed by atoms with E-state index in [-0.39, 0.29) is 11.4 Å². The van der Waals surface area contributed by atoms with Crippen molar-refractivity contribution in [2.24, 2.45) is 0 Å². The van der Waals surface area contributed by atoms with Crippen LogP contribution in [0.15, 0.2) is 23.0 Å². The van der Waals surface area contributed by atoms with Gasteiger partial charge in [0, 0.05) is 23.9 Å². The minimum Gasteiger partial charge on any atom is -0.494 e. The molecule has 2 heterocycles. The summed E-state index contributed by atoms with van der Waals surface area (Å²) >= 11 is 0. The minimum atomic E-state index is -0.543. The summed E-state index contributed by atoms with van der Waals surface area (Å²) < 4.78 is 0. The van der Waals surface area contributed by atoms with Crippen molar-refractivity contribution >= 4 is 11.7 Å². The second kappa shape index (κ2) is 5.38. The lowest BCUT2D eigenvalue weighted by atomic mass is 10.2. The number of aromatic amines is 2. The van der Waals surface area contributed by atoms with Crippen molar-refractivity contribution in [1.29, 1.82) is 0 Å². The fourth-order valence-electron chi connectivity index (χ4n) is 1.67. The number of pyridine rings is 1. The van der Waals surface area contributed by atoms with Crippen LogP contribution in [0.1, 0.15) is 29.4 Å². The number of hydrogen-bond donors (Lipinski definition) is 4. The van der Waals surface area contributed by atoms with E-state index in [1.165, 1.54) is 6.07 Å². The molecule has 0 aliphatic rings. The van der Waals surface area contributed by atoms with Gasteiger partial charge < -0.3 is 10.4 Å². The predicted molar refractivity (Wildman–Crippen MR) is 69.3 cm³/mol. The first-order valence-electron chi connectivity index (χ1n) is 5.87. The van der Waals surface area contributed by atoms with Crippen LogP contribution in [0.5, 0.6) is 5.88 Å². The molecule has 1 amide bonds. The Balaban J connectivity index is 2.13. The Kier molecular flexibility index (Phi) is 3.65.